The molecule has 0 unspecified atom stereocenters. The number of nitrogens with one attached hydrogen (secondary N) is 3. The number of likely N-dealkylation sites (N-methyl/N-ethyl adjacent to an activating group) is 1. The Morgan fingerprint density at radius 3 is 2.79 bits per heavy atom. The smallest absolute Gasteiger partial charge is 0.240 e. The number of rotatable bonds is 9. The summed E-state index contributed by atoms with van der Waals surface area (Å²) in [6.45, 7) is 3.92. The van der Waals surface area contributed by atoms with E-state index in [9.17, 15) is 8.42 Å². The highest BCUT2D eigenvalue weighted by Gasteiger charge is 2.19. The summed E-state index contributed by atoms with van der Waals surface area (Å²) in [5.41, 5.74) is 1.97. The van der Waals surface area contributed by atoms with Gasteiger partial charge in [0.1, 0.15) is 16.7 Å². The normalized spacial score (nSPS) is 11.7. The maximum absolute atomic E-state index is 12.3. The lowest BCUT2D eigenvalue weighted by Gasteiger charge is -2.26. The lowest BCUT2D eigenvalue weighted by atomic mass is 10.2. The predicted molar refractivity (Wildman–Crippen MR) is 115 cm³/mol. The van der Waals surface area contributed by atoms with Crippen molar-refractivity contribution in [1.29, 1.82) is 0 Å². The Kier molecular flexibility index (Phi) is 6.67. The molecule has 3 aromatic rings. The number of H-pyrrole nitrogens is 1. The van der Waals surface area contributed by atoms with Gasteiger partial charge in [-0.2, -0.15) is 5.10 Å². The first kappa shape index (κ1) is 21.4. The largest absolute Gasteiger partial charge is 0.383 e. The van der Waals surface area contributed by atoms with Crippen molar-refractivity contribution < 1.29 is 13.2 Å². The number of halogens is 1. The van der Waals surface area contributed by atoms with Gasteiger partial charge in [0.25, 0.3) is 0 Å². The first-order chi connectivity index (χ1) is 13.9. The average molecular weight is 484 g/mol. The minimum atomic E-state index is -3.61. The molecule has 29 heavy (non-hydrogen) atoms. The van der Waals surface area contributed by atoms with Crippen molar-refractivity contribution >= 4 is 54.2 Å². The second kappa shape index (κ2) is 9.03. The average Bonchev–Trinajstić information content (AvgIpc) is 3.11. The molecule has 0 aliphatic carbocycles. The van der Waals surface area contributed by atoms with E-state index in [1.807, 2.05) is 6.92 Å². The molecule has 0 amide bonds. The molecule has 2 aromatic heterocycles. The van der Waals surface area contributed by atoms with E-state index in [1.165, 1.54) is 13.4 Å². The van der Waals surface area contributed by atoms with Gasteiger partial charge in [-0.3, -0.25) is 5.10 Å². The van der Waals surface area contributed by atoms with Crippen molar-refractivity contribution in [3.05, 3.63) is 29.1 Å². The number of fused-ring (bicyclic) bond motifs is 1. The zero-order valence-corrected chi connectivity index (χ0v) is 18.6. The van der Waals surface area contributed by atoms with Gasteiger partial charge in [0.05, 0.1) is 28.3 Å². The second-order valence-electron chi connectivity index (χ2n) is 6.04. The molecule has 156 valence electrons. The van der Waals surface area contributed by atoms with Crippen LogP contribution in [0.15, 0.2) is 34.0 Å². The van der Waals surface area contributed by atoms with Crippen LogP contribution in [0, 0.1) is 0 Å². The first-order valence-corrected chi connectivity index (χ1v) is 11.1. The van der Waals surface area contributed by atoms with Crippen LogP contribution < -0.4 is 14.9 Å². The first-order valence-electron chi connectivity index (χ1n) is 8.84. The van der Waals surface area contributed by atoms with Crippen molar-refractivity contribution in [3.63, 3.8) is 0 Å². The van der Waals surface area contributed by atoms with Gasteiger partial charge in [-0.1, -0.05) is 0 Å². The summed E-state index contributed by atoms with van der Waals surface area (Å²) in [5, 5.41) is 10.8. The molecule has 0 aliphatic heterocycles. The number of ether oxygens (including phenoxy) is 1. The molecule has 0 spiro atoms. The van der Waals surface area contributed by atoms with Crippen LogP contribution in [0.1, 0.15) is 6.92 Å². The zero-order valence-electron chi connectivity index (χ0n) is 16.2. The molecule has 0 aliphatic rings. The third kappa shape index (κ3) is 4.50. The number of aromatic nitrogens is 4. The van der Waals surface area contributed by atoms with E-state index >= 15 is 0 Å². The number of methoxy groups -OCH3 is 1. The second-order valence-corrected chi connectivity index (χ2v) is 8.68. The molecule has 0 radical (unpaired) electrons. The van der Waals surface area contributed by atoms with E-state index in [4.69, 9.17) is 4.74 Å². The lowest BCUT2D eigenvalue weighted by molar-refractivity contribution is 0.205. The summed E-state index contributed by atoms with van der Waals surface area (Å²) < 4.78 is 32.8. The summed E-state index contributed by atoms with van der Waals surface area (Å²) in [6, 6.07) is 4.93. The Hall–Kier alpha value is -2.28. The van der Waals surface area contributed by atoms with E-state index in [0.29, 0.717) is 46.8 Å². The van der Waals surface area contributed by atoms with Gasteiger partial charge < -0.3 is 15.0 Å². The Balaban J connectivity index is 2.12. The lowest BCUT2D eigenvalue weighted by Crippen LogP contribution is -2.28. The van der Waals surface area contributed by atoms with Gasteiger partial charge >= 0.3 is 0 Å². The maximum atomic E-state index is 12.3. The van der Waals surface area contributed by atoms with Crippen molar-refractivity contribution in [3.8, 4) is 0 Å². The fourth-order valence-electron chi connectivity index (χ4n) is 2.87. The summed E-state index contributed by atoms with van der Waals surface area (Å²) in [5.74, 6) is 0.499. The molecular weight excluding hydrogens is 462 g/mol. The van der Waals surface area contributed by atoms with Crippen LogP contribution in [0.5, 0.6) is 0 Å². The summed E-state index contributed by atoms with van der Waals surface area (Å²) in [6.07, 6.45) is 1.41. The fraction of sp³-hybridized carbons (Fsp3) is 0.353. The highest BCUT2D eigenvalue weighted by molar-refractivity contribution is 9.10. The SMILES string of the molecule is CCN(CCOC)c1ccc(S(=O)(=O)NC)cc1Nc1ncnc2[nH]nc(Br)c12. The van der Waals surface area contributed by atoms with Crippen LogP contribution in [0.2, 0.25) is 0 Å². The summed E-state index contributed by atoms with van der Waals surface area (Å²) in [7, 11) is -0.591. The Morgan fingerprint density at radius 1 is 1.31 bits per heavy atom. The topological polar surface area (TPSA) is 125 Å². The standard InChI is InChI=1S/C17H22BrN7O3S/c1-4-25(7-8-28-3)13-6-5-11(29(26,27)19-2)9-12(13)22-16-14-15(18)23-24-17(14)21-10-20-16/h5-6,9-10,19H,4,7-8H2,1-3H3,(H2,20,21,22,23,24). The summed E-state index contributed by atoms with van der Waals surface area (Å²) >= 11 is 3.39. The molecule has 2 heterocycles. The van der Waals surface area contributed by atoms with Gasteiger partial charge in [0.2, 0.25) is 10.0 Å². The fourth-order valence-corrected chi connectivity index (χ4v) is 4.09. The highest BCUT2D eigenvalue weighted by atomic mass is 79.9. The molecule has 0 fully saturated rings. The van der Waals surface area contributed by atoms with Crippen LogP contribution in [0.25, 0.3) is 11.0 Å². The number of sulfonamides is 1. The van der Waals surface area contributed by atoms with Crippen LogP contribution in [0.3, 0.4) is 0 Å². The van der Waals surface area contributed by atoms with E-state index in [1.54, 1.807) is 25.3 Å². The molecule has 3 rings (SSSR count). The Morgan fingerprint density at radius 2 is 2.10 bits per heavy atom. The van der Waals surface area contributed by atoms with Gasteiger partial charge in [-0.15, -0.1) is 0 Å². The van der Waals surface area contributed by atoms with E-state index < -0.39 is 10.0 Å². The minimum Gasteiger partial charge on any atom is -0.383 e. The molecule has 10 nitrogen and oxygen atoms in total. The highest BCUT2D eigenvalue weighted by Crippen LogP contribution is 2.34. The molecule has 0 bridgehead atoms. The Bertz CT molecular complexity index is 1100. The van der Waals surface area contributed by atoms with E-state index in [2.05, 4.69) is 51.0 Å². The number of aromatic amines is 1. The van der Waals surface area contributed by atoms with Gasteiger partial charge in [-0.25, -0.2) is 23.1 Å². The predicted octanol–water partition coefficient (Wildman–Crippen LogP) is 2.24. The Labute approximate surface area is 177 Å². The number of nitrogens with zero attached hydrogens (tertiary/aromatic N) is 4. The van der Waals surface area contributed by atoms with Crippen molar-refractivity contribution in [2.75, 3.05) is 44.1 Å². The van der Waals surface area contributed by atoms with Crippen molar-refractivity contribution in [2.45, 2.75) is 11.8 Å². The number of benzene rings is 1. The molecule has 0 saturated heterocycles. The monoisotopic (exact) mass is 483 g/mol. The third-order valence-corrected chi connectivity index (χ3v) is 6.39. The zero-order chi connectivity index (χ0) is 21.0. The maximum Gasteiger partial charge on any atom is 0.240 e. The van der Waals surface area contributed by atoms with Gasteiger partial charge in [0.15, 0.2) is 5.65 Å². The van der Waals surface area contributed by atoms with E-state index in [0.717, 1.165) is 5.69 Å². The summed E-state index contributed by atoms with van der Waals surface area (Å²) in [4.78, 5) is 10.7. The van der Waals surface area contributed by atoms with Gasteiger partial charge in [-0.05, 0) is 48.1 Å². The number of anilines is 3. The minimum absolute atomic E-state index is 0.144. The van der Waals surface area contributed by atoms with Crippen LogP contribution in [-0.4, -0.2) is 62.4 Å². The molecule has 3 N–H and O–H groups in total. The third-order valence-electron chi connectivity index (χ3n) is 4.40. The van der Waals surface area contributed by atoms with E-state index in [-0.39, 0.29) is 4.90 Å². The van der Waals surface area contributed by atoms with Crippen LogP contribution in [0.4, 0.5) is 17.2 Å². The molecular formula is C17H22BrN7O3S. The van der Waals surface area contributed by atoms with Crippen molar-refractivity contribution in [1.82, 2.24) is 24.9 Å². The van der Waals surface area contributed by atoms with Gasteiger partial charge in [0, 0.05) is 20.2 Å². The number of hydrogen-bond acceptors (Lipinski definition) is 8. The molecule has 0 saturated carbocycles. The van der Waals surface area contributed by atoms with Crippen molar-refractivity contribution in [2.24, 2.45) is 0 Å². The quantitative estimate of drug-likeness (QED) is 0.423. The molecule has 12 heteroatoms. The molecule has 1 aromatic carbocycles. The van der Waals surface area contributed by atoms with Crippen LogP contribution >= 0.6 is 15.9 Å². The molecule has 0 atom stereocenters. The number of hydrogen-bond donors (Lipinski definition) is 3. The van der Waals surface area contributed by atoms with Crippen LogP contribution in [-0.2, 0) is 14.8 Å².